The largest absolute Gasteiger partial charge is 0.310 e. The van der Waals surface area contributed by atoms with Gasteiger partial charge in [-0.25, -0.2) is 8.78 Å². The van der Waals surface area contributed by atoms with Crippen molar-refractivity contribution in [3.8, 4) is 0 Å². The summed E-state index contributed by atoms with van der Waals surface area (Å²) in [7, 11) is 0. The molecular formula is C46H30F2N2. The Kier molecular flexibility index (Phi) is 7.21. The molecule has 0 aliphatic carbocycles. The average molecular weight is 649 g/mol. The second-order valence-electron chi connectivity index (χ2n) is 12.4. The van der Waals surface area contributed by atoms with E-state index in [0.29, 0.717) is 10.8 Å². The van der Waals surface area contributed by atoms with Crippen molar-refractivity contribution in [1.82, 2.24) is 0 Å². The van der Waals surface area contributed by atoms with Gasteiger partial charge in [0, 0.05) is 44.3 Å². The molecule has 0 aromatic heterocycles. The maximum Gasteiger partial charge on any atom is 0.167 e. The van der Waals surface area contributed by atoms with Crippen molar-refractivity contribution < 1.29 is 8.78 Å². The summed E-state index contributed by atoms with van der Waals surface area (Å²) < 4.78 is 32.8. The van der Waals surface area contributed by atoms with Gasteiger partial charge in [-0.3, -0.25) is 0 Å². The van der Waals surface area contributed by atoms with E-state index in [0.717, 1.165) is 55.7 Å². The third kappa shape index (κ3) is 4.92. The first-order chi connectivity index (χ1) is 24.7. The molecule has 50 heavy (non-hydrogen) atoms. The lowest BCUT2D eigenvalue weighted by Crippen LogP contribution is -2.11. The molecule has 4 heteroatoms. The molecule has 0 saturated carbocycles. The van der Waals surface area contributed by atoms with Crippen molar-refractivity contribution >= 4 is 77.2 Å². The highest BCUT2D eigenvalue weighted by Crippen LogP contribution is 2.44. The van der Waals surface area contributed by atoms with Crippen LogP contribution in [-0.2, 0) is 0 Å². The lowest BCUT2D eigenvalue weighted by molar-refractivity contribution is 0.525. The molecule has 0 spiro atoms. The Morgan fingerprint density at radius 1 is 0.280 bits per heavy atom. The van der Waals surface area contributed by atoms with E-state index in [1.165, 1.54) is 0 Å². The van der Waals surface area contributed by atoms with Gasteiger partial charge in [0.15, 0.2) is 11.6 Å². The summed E-state index contributed by atoms with van der Waals surface area (Å²) in [5.74, 6) is -1.73. The van der Waals surface area contributed by atoms with Gasteiger partial charge in [0.25, 0.3) is 0 Å². The van der Waals surface area contributed by atoms with E-state index in [1.807, 2.05) is 121 Å². The minimum Gasteiger partial charge on any atom is -0.310 e. The van der Waals surface area contributed by atoms with Crippen LogP contribution in [0.1, 0.15) is 0 Å². The summed E-state index contributed by atoms with van der Waals surface area (Å²) in [4.78, 5) is 4.21. The molecule has 0 aliphatic rings. The molecule has 2 nitrogen and oxygen atoms in total. The number of hydrogen-bond donors (Lipinski definition) is 0. The highest BCUT2D eigenvalue weighted by atomic mass is 19.2. The van der Waals surface area contributed by atoms with Gasteiger partial charge in [-0.2, -0.15) is 0 Å². The van der Waals surface area contributed by atoms with Crippen molar-refractivity contribution in [2.24, 2.45) is 0 Å². The number of para-hydroxylation sites is 2. The summed E-state index contributed by atoms with van der Waals surface area (Å²) in [6, 6.07) is 60.1. The fourth-order valence-corrected chi connectivity index (χ4v) is 7.23. The Labute approximate surface area is 288 Å². The number of rotatable bonds is 6. The smallest absolute Gasteiger partial charge is 0.167 e. The van der Waals surface area contributed by atoms with Gasteiger partial charge in [0.05, 0.1) is 11.4 Å². The molecule has 0 bridgehead atoms. The summed E-state index contributed by atoms with van der Waals surface area (Å²) >= 11 is 0. The number of hydrogen-bond acceptors (Lipinski definition) is 2. The minimum absolute atomic E-state index is 0.232. The summed E-state index contributed by atoms with van der Waals surface area (Å²) in [6.45, 7) is 0. The van der Waals surface area contributed by atoms with Crippen molar-refractivity contribution in [3.63, 3.8) is 0 Å². The lowest BCUT2D eigenvalue weighted by Gasteiger charge is -2.28. The average Bonchev–Trinajstić information content (AvgIpc) is 3.18. The molecule has 238 valence electrons. The number of benzene rings is 9. The van der Waals surface area contributed by atoms with Gasteiger partial charge in [-0.05, 0) is 82.2 Å². The van der Waals surface area contributed by atoms with Crippen LogP contribution in [0.25, 0.3) is 43.1 Å². The number of anilines is 6. The molecular weight excluding hydrogens is 619 g/mol. The zero-order chi connectivity index (χ0) is 33.6. The van der Waals surface area contributed by atoms with Gasteiger partial charge >= 0.3 is 0 Å². The predicted molar refractivity (Wildman–Crippen MR) is 206 cm³/mol. The van der Waals surface area contributed by atoms with Crippen LogP contribution in [0.2, 0.25) is 0 Å². The molecule has 0 aliphatic heterocycles. The van der Waals surface area contributed by atoms with E-state index < -0.39 is 11.6 Å². The van der Waals surface area contributed by atoms with Gasteiger partial charge in [0.1, 0.15) is 0 Å². The van der Waals surface area contributed by atoms with E-state index in [4.69, 9.17) is 0 Å². The minimum atomic E-state index is -0.867. The van der Waals surface area contributed by atoms with Crippen LogP contribution >= 0.6 is 0 Å². The molecule has 0 saturated heterocycles. The van der Waals surface area contributed by atoms with Crippen LogP contribution in [0, 0.1) is 11.6 Å². The number of fused-ring (bicyclic) bond motifs is 5. The third-order valence-electron chi connectivity index (χ3n) is 9.52. The second kappa shape index (κ2) is 12.2. The summed E-state index contributed by atoms with van der Waals surface area (Å²) in [5, 5.41) is 6.08. The Balaban J connectivity index is 1.23. The third-order valence-corrected chi connectivity index (χ3v) is 9.52. The molecule has 0 N–H and O–H groups in total. The van der Waals surface area contributed by atoms with Gasteiger partial charge < -0.3 is 9.80 Å². The monoisotopic (exact) mass is 648 g/mol. The quantitative estimate of drug-likeness (QED) is 0.166. The van der Waals surface area contributed by atoms with Crippen LogP contribution < -0.4 is 9.80 Å². The van der Waals surface area contributed by atoms with Crippen LogP contribution in [-0.4, -0.2) is 0 Å². The standard InChI is InChI=1S/C46H30F2N2/c47-45-41-29-35(49(33-17-3-1-4-18-33)43-23-11-15-31-13-7-9-21-37(31)43)25-27-39(41)40-28-26-36(30-42(40)46(45)48)50(34-19-5-2-6-20-34)44-24-12-16-32-14-8-10-22-38(32)44/h1-30H. The van der Waals surface area contributed by atoms with Gasteiger partial charge in [-0.1, -0.05) is 121 Å². The lowest BCUT2D eigenvalue weighted by atomic mass is 9.98. The van der Waals surface area contributed by atoms with Gasteiger partial charge in [-0.15, -0.1) is 0 Å². The first kappa shape index (κ1) is 29.6. The van der Waals surface area contributed by atoms with Crippen molar-refractivity contribution in [3.05, 3.63) is 194 Å². The molecule has 0 radical (unpaired) electrons. The Morgan fingerprint density at radius 3 is 1.10 bits per heavy atom. The Bertz CT molecular complexity index is 2490. The number of nitrogens with zero attached hydrogens (tertiary/aromatic N) is 2. The van der Waals surface area contributed by atoms with E-state index >= 15 is 8.78 Å². The maximum atomic E-state index is 16.4. The first-order valence-electron chi connectivity index (χ1n) is 16.7. The highest BCUT2D eigenvalue weighted by molar-refractivity contribution is 6.11. The van der Waals surface area contributed by atoms with E-state index in [9.17, 15) is 0 Å². The molecule has 0 atom stereocenters. The molecule has 0 amide bonds. The molecule has 9 aromatic rings. The fraction of sp³-hybridized carbons (Fsp3) is 0. The van der Waals surface area contributed by atoms with Crippen LogP contribution in [0.5, 0.6) is 0 Å². The summed E-state index contributed by atoms with van der Waals surface area (Å²) in [5.41, 5.74) is 5.22. The van der Waals surface area contributed by atoms with Crippen LogP contribution in [0.15, 0.2) is 182 Å². The Morgan fingerprint density at radius 2 is 0.660 bits per heavy atom. The molecule has 0 unspecified atom stereocenters. The van der Waals surface area contributed by atoms with Crippen LogP contribution in [0.4, 0.5) is 42.9 Å². The highest BCUT2D eigenvalue weighted by Gasteiger charge is 2.22. The zero-order valence-corrected chi connectivity index (χ0v) is 27.0. The zero-order valence-electron chi connectivity index (χ0n) is 27.0. The van der Waals surface area contributed by atoms with E-state index in [-0.39, 0.29) is 10.8 Å². The van der Waals surface area contributed by atoms with E-state index in [2.05, 4.69) is 58.3 Å². The fourth-order valence-electron chi connectivity index (χ4n) is 7.23. The van der Waals surface area contributed by atoms with Crippen LogP contribution in [0.3, 0.4) is 0 Å². The molecule has 0 heterocycles. The second-order valence-corrected chi connectivity index (χ2v) is 12.4. The molecule has 0 fully saturated rings. The first-order valence-corrected chi connectivity index (χ1v) is 16.7. The van der Waals surface area contributed by atoms with Gasteiger partial charge in [0.2, 0.25) is 0 Å². The van der Waals surface area contributed by atoms with Crippen molar-refractivity contribution in [2.45, 2.75) is 0 Å². The Hall–Kier alpha value is -6.52. The molecule has 9 aromatic carbocycles. The number of halogens is 2. The maximum absolute atomic E-state index is 16.4. The van der Waals surface area contributed by atoms with Crippen molar-refractivity contribution in [2.75, 3.05) is 9.80 Å². The summed E-state index contributed by atoms with van der Waals surface area (Å²) in [6.07, 6.45) is 0. The molecule has 9 rings (SSSR count). The normalized spacial score (nSPS) is 11.4. The topological polar surface area (TPSA) is 6.48 Å². The SMILES string of the molecule is Fc1c(F)c2cc(N(c3ccccc3)c3cccc4ccccc34)ccc2c2ccc(N(c3ccccc3)c3cccc4ccccc34)cc12. The van der Waals surface area contributed by atoms with Crippen molar-refractivity contribution in [1.29, 1.82) is 0 Å². The van der Waals surface area contributed by atoms with E-state index in [1.54, 1.807) is 12.1 Å². The predicted octanol–water partition coefficient (Wildman–Crippen LogP) is 13.5.